The summed E-state index contributed by atoms with van der Waals surface area (Å²) in [5.41, 5.74) is 2.18. The maximum absolute atomic E-state index is 5.56. The van der Waals surface area contributed by atoms with Gasteiger partial charge in [0.1, 0.15) is 5.75 Å². The summed E-state index contributed by atoms with van der Waals surface area (Å²) in [6, 6.07) is 18.0. The molecular formula is C19H23N3OS. The van der Waals surface area contributed by atoms with Crippen LogP contribution >= 0.6 is 12.2 Å². The number of hydrogen-bond donors (Lipinski definition) is 1. The van der Waals surface area contributed by atoms with E-state index in [0.29, 0.717) is 11.7 Å². The van der Waals surface area contributed by atoms with Gasteiger partial charge >= 0.3 is 0 Å². The molecule has 0 saturated carbocycles. The van der Waals surface area contributed by atoms with Crippen molar-refractivity contribution in [1.29, 1.82) is 0 Å². The van der Waals surface area contributed by atoms with Gasteiger partial charge in [-0.1, -0.05) is 37.3 Å². The van der Waals surface area contributed by atoms with Crippen LogP contribution in [-0.2, 0) is 6.54 Å². The van der Waals surface area contributed by atoms with Crippen molar-refractivity contribution in [2.45, 2.75) is 19.9 Å². The third-order valence-corrected chi connectivity index (χ3v) is 3.72. The van der Waals surface area contributed by atoms with Gasteiger partial charge in [0.25, 0.3) is 0 Å². The number of nitrogens with zero attached hydrogens (tertiary/aromatic N) is 2. The van der Waals surface area contributed by atoms with Crippen LogP contribution in [-0.4, -0.2) is 30.0 Å². The van der Waals surface area contributed by atoms with Gasteiger partial charge in [-0.25, -0.2) is 5.01 Å². The lowest BCUT2D eigenvalue weighted by Crippen LogP contribution is -2.33. The second-order valence-electron chi connectivity index (χ2n) is 5.33. The Kier molecular flexibility index (Phi) is 7.23. The molecule has 2 aromatic carbocycles. The van der Waals surface area contributed by atoms with Crippen LogP contribution in [0, 0.1) is 0 Å². The van der Waals surface area contributed by atoms with E-state index in [-0.39, 0.29) is 0 Å². The molecule has 0 fully saturated rings. The fourth-order valence-corrected chi connectivity index (χ4v) is 2.08. The van der Waals surface area contributed by atoms with Gasteiger partial charge in [0, 0.05) is 13.6 Å². The fourth-order valence-electron chi connectivity index (χ4n) is 1.96. The summed E-state index contributed by atoms with van der Waals surface area (Å²) in [7, 11) is 1.83. The average molecular weight is 341 g/mol. The summed E-state index contributed by atoms with van der Waals surface area (Å²) in [6.07, 6.45) is 2.78. The SMILES string of the molecule is CCCOc1ccc(/C=N\N(C)C(=S)NCc2ccccc2)cc1. The number of hydrogen-bond acceptors (Lipinski definition) is 3. The summed E-state index contributed by atoms with van der Waals surface area (Å²) in [5.74, 6) is 0.877. The molecule has 0 aliphatic heterocycles. The minimum absolute atomic E-state index is 0.581. The first-order chi connectivity index (χ1) is 11.7. The summed E-state index contributed by atoms with van der Waals surface area (Å²) in [5, 5.41) is 9.79. The summed E-state index contributed by atoms with van der Waals surface area (Å²) >= 11 is 5.34. The molecule has 1 N–H and O–H groups in total. The van der Waals surface area contributed by atoms with Gasteiger partial charge in [-0.3, -0.25) is 0 Å². The molecular weight excluding hydrogens is 318 g/mol. The van der Waals surface area contributed by atoms with E-state index < -0.39 is 0 Å². The second-order valence-corrected chi connectivity index (χ2v) is 5.72. The fraction of sp³-hybridized carbons (Fsp3) is 0.263. The molecule has 0 spiro atoms. The molecule has 2 rings (SSSR count). The third kappa shape index (κ3) is 6.01. The monoisotopic (exact) mass is 341 g/mol. The number of ether oxygens (including phenoxy) is 1. The van der Waals surface area contributed by atoms with Gasteiger partial charge in [0.05, 0.1) is 12.8 Å². The zero-order chi connectivity index (χ0) is 17.2. The lowest BCUT2D eigenvalue weighted by Gasteiger charge is -2.15. The molecule has 5 heteroatoms. The molecule has 0 saturated heterocycles. The largest absolute Gasteiger partial charge is 0.494 e. The number of thiocarbonyl (C=S) groups is 1. The zero-order valence-corrected chi connectivity index (χ0v) is 14.9. The molecule has 0 bridgehead atoms. The highest BCUT2D eigenvalue weighted by atomic mass is 32.1. The lowest BCUT2D eigenvalue weighted by atomic mass is 10.2. The Morgan fingerprint density at radius 2 is 1.88 bits per heavy atom. The van der Waals surface area contributed by atoms with E-state index in [1.54, 1.807) is 11.2 Å². The van der Waals surface area contributed by atoms with E-state index in [1.165, 1.54) is 5.56 Å². The number of benzene rings is 2. The predicted molar refractivity (Wildman–Crippen MR) is 103 cm³/mol. The first kappa shape index (κ1) is 17.9. The van der Waals surface area contributed by atoms with Crippen LogP contribution < -0.4 is 10.1 Å². The number of rotatable bonds is 7. The summed E-state index contributed by atoms with van der Waals surface area (Å²) < 4.78 is 5.56. The highest BCUT2D eigenvalue weighted by molar-refractivity contribution is 7.80. The molecule has 0 unspecified atom stereocenters. The predicted octanol–water partition coefficient (Wildman–Crippen LogP) is 3.82. The van der Waals surface area contributed by atoms with Crippen molar-refractivity contribution < 1.29 is 4.74 Å². The van der Waals surface area contributed by atoms with E-state index in [4.69, 9.17) is 17.0 Å². The van der Waals surface area contributed by atoms with Crippen LogP contribution in [0.1, 0.15) is 24.5 Å². The molecule has 0 aromatic heterocycles. The molecule has 2 aromatic rings. The molecule has 0 radical (unpaired) electrons. The van der Waals surface area contributed by atoms with Gasteiger partial charge < -0.3 is 10.1 Å². The first-order valence-corrected chi connectivity index (χ1v) is 8.42. The van der Waals surface area contributed by atoms with Crippen molar-refractivity contribution in [3.8, 4) is 5.75 Å². The van der Waals surface area contributed by atoms with Crippen molar-refractivity contribution >= 4 is 23.5 Å². The lowest BCUT2D eigenvalue weighted by molar-refractivity contribution is 0.317. The smallest absolute Gasteiger partial charge is 0.189 e. The minimum Gasteiger partial charge on any atom is -0.494 e. The van der Waals surface area contributed by atoms with E-state index in [1.807, 2.05) is 49.5 Å². The van der Waals surface area contributed by atoms with Gasteiger partial charge in [0.2, 0.25) is 0 Å². The average Bonchev–Trinajstić information content (AvgIpc) is 2.64. The van der Waals surface area contributed by atoms with Crippen LogP contribution in [0.4, 0.5) is 0 Å². The van der Waals surface area contributed by atoms with Crippen LogP contribution in [0.15, 0.2) is 59.7 Å². The maximum Gasteiger partial charge on any atom is 0.189 e. The van der Waals surface area contributed by atoms with Gasteiger partial charge in [0.15, 0.2) is 5.11 Å². The Labute approximate surface area is 149 Å². The van der Waals surface area contributed by atoms with Crippen molar-refractivity contribution in [2.24, 2.45) is 5.10 Å². The molecule has 0 amide bonds. The van der Waals surface area contributed by atoms with E-state index in [9.17, 15) is 0 Å². The maximum atomic E-state index is 5.56. The molecule has 0 atom stereocenters. The normalized spacial score (nSPS) is 10.6. The summed E-state index contributed by atoms with van der Waals surface area (Å²) in [6.45, 7) is 3.51. The van der Waals surface area contributed by atoms with Crippen LogP contribution in [0.5, 0.6) is 5.75 Å². The zero-order valence-electron chi connectivity index (χ0n) is 14.1. The van der Waals surface area contributed by atoms with Crippen molar-refractivity contribution in [2.75, 3.05) is 13.7 Å². The van der Waals surface area contributed by atoms with E-state index in [0.717, 1.165) is 24.3 Å². The molecule has 126 valence electrons. The highest BCUT2D eigenvalue weighted by Gasteiger charge is 2.01. The van der Waals surface area contributed by atoms with Crippen LogP contribution in [0.25, 0.3) is 0 Å². The van der Waals surface area contributed by atoms with Gasteiger partial charge in [-0.2, -0.15) is 5.10 Å². The quantitative estimate of drug-likeness (QED) is 0.472. The topological polar surface area (TPSA) is 36.9 Å². The van der Waals surface area contributed by atoms with Crippen LogP contribution in [0.3, 0.4) is 0 Å². The Morgan fingerprint density at radius 3 is 2.54 bits per heavy atom. The van der Waals surface area contributed by atoms with E-state index >= 15 is 0 Å². The number of nitrogens with one attached hydrogen (secondary N) is 1. The molecule has 4 nitrogen and oxygen atoms in total. The first-order valence-electron chi connectivity index (χ1n) is 8.01. The molecule has 0 aliphatic carbocycles. The summed E-state index contributed by atoms with van der Waals surface area (Å²) in [4.78, 5) is 0. The van der Waals surface area contributed by atoms with Gasteiger partial charge in [-0.05, 0) is 54.0 Å². The standard InChI is InChI=1S/C19H23N3OS/c1-3-13-23-18-11-9-17(10-12-18)15-21-22(2)19(24)20-14-16-7-5-4-6-8-16/h4-12,15H,3,13-14H2,1-2H3,(H,20,24)/b21-15-. The van der Waals surface area contributed by atoms with E-state index in [2.05, 4.69) is 29.5 Å². The molecule has 24 heavy (non-hydrogen) atoms. The van der Waals surface area contributed by atoms with Crippen molar-refractivity contribution in [3.05, 3.63) is 65.7 Å². The molecule has 0 heterocycles. The third-order valence-electron chi connectivity index (χ3n) is 3.31. The minimum atomic E-state index is 0.581. The van der Waals surface area contributed by atoms with Crippen molar-refractivity contribution in [3.63, 3.8) is 0 Å². The Hall–Kier alpha value is -2.40. The van der Waals surface area contributed by atoms with Crippen molar-refractivity contribution in [1.82, 2.24) is 10.3 Å². The van der Waals surface area contributed by atoms with Crippen LogP contribution in [0.2, 0.25) is 0 Å². The Balaban J connectivity index is 1.82. The Bertz CT molecular complexity index is 656. The Morgan fingerprint density at radius 1 is 1.17 bits per heavy atom. The van der Waals surface area contributed by atoms with Gasteiger partial charge in [-0.15, -0.1) is 0 Å². The highest BCUT2D eigenvalue weighted by Crippen LogP contribution is 2.11. The molecule has 0 aliphatic rings. The second kappa shape index (κ2) is 9.67. The number of hydrazone groups is 1.